The number of methoxy groups -OCH3 is 1. The Balaban J connectivity index is 1.29. The number of piperazine rings is 1. The zero-order valence-corrected chi connectivity index (χ0v) is 19.8. The molecule has 1 unspecified atom stereocenters. The largest absolute Gasteiger partial charge is 0.497 e. The first-order valence-corrected chi connectivity index (χ1v) is 11.4. The molecule has 2 aromatic carbocycles. The van der Waals surface area contributed by atoms with E-state index in [2.05, 4.69) is 46.8 Å². The summed E-state index contributed by atoms with van der Waals surface area (Å²) in [6.07, 6.45) is 0. The Morgan fingerprint density at radius 3 is 2.38 bits per heavy atom. The number of imide groups is 1. The van der Waals surface area contributed by atoms with E-state index in [0.717, 1.165) is 37.7 Å². The number of nitrogens with zero attached hydrogens (tertiary/aromatic N) is 3. The molecule has 4 amide bonds. The molecule has 0 bridgehead atoms. The van der Waals surface area contributed by atoms with Crippen molar-refractivity contribution in [3.05, 3.63) is 65.2 Å². The summed E-state index contributed by atoms with van der Waals surface area (Å²) in [7, 11) is 1.56. The second-order valence-corrected chi connectivity index (χ2v) is 9.00. The van der Waals surface area contributed by atoms with Crippen LogP contribution in [0.5, 0.6) is 5.75 Å². The second kappa shape index (κ2) is 9.82. The Morgan fingerprint density at radius 2 is 1.74 bits per heavy atom. The molecule has 0 aliphatic carbocycles. The zero-order valence-electron chi connectivity index (χ0n) is 19.8. The summed E-state index contributed by atoms with van der Waals surface area (Å²) < 4.78 is 5.15. The third-order valence-corrected chi connectivity index (χ3v) is 6.42. The van der Waals surface area contributed by atoms with Crippen molar-refractivity contribution >= 4 is 17.8 Å². The van der Waals surface area contributed by atoms with Crippen LogP contribution in [0.3, 0.4) is 0 Å². The van der Waals surface area contributed by atoms with Crippen LogP contribution in [0, 0.1) is 6.92 Å². The van der Waals surface area contributed by atoms with Crippen molar-refractivity contribution < 1.29 is 19.1 Å². The predicted molar refractivity (Wildman–Crippen MR) is 127 cm³/mol. The molecule has 2 heterocycles. The highest BCUT2D eigenvalue weighted by molar-refractivity contribution is 6.08. The van der Waals surface area contributed by atoms with E-state index in [9.17, 15) is 14.4 Å². The van der Waals surface area contributed by atoms with Crippen LogP contribution >= 0.6 is 0 Å². The SMILES string of the molecule is COc1ccc(C2(C)NC(=O)N(NC(=O)CN3CCN(Cc4cccc(C)c4)CC3)C2=O)cc1. The van der Waals surface area contributed by atoms with E-state index in [1.54, 1.807) is 38.3 Å². The van der Waals surface area contributed by atoms with E-state index in [1.807, 2.05) is 4.90 Å². The van der Waals surface area contributed by atoms with Gasteiger partial charge in [0.05, 0.1) is 13.7 Å². The molecule has 2 aromatic rings. The topological polar surface area (TPSA) is 94.2 Å². The number of carbonyl (C=O) groups is 3. The standard InChI is InChI=1S/C25H31N5O4/c1-18-5-4-6-19(15-18)16-28-11-13-29(14-12-28)17-22(31)27-30-23(32)25(2,26-24(30)33)20-7-9-21(34-3)10-8-20/h4-10,15H,11-14,16-17H2,1-3H3,(H,26,33)(H,27,31). The minimum absolute atomic E-state index is 0.120. The first-order chi connectivity index (χ1) is 16.3. The number of nitrogens with one attached hydrogen (secondary N) is 2. The van der Waals surface area contributed by atoms with Crippen molar-refractivity contribution in [3.63, 3.8) is 0 Å². The maximum absolute atomic E-state index is 13.0. The van der Waals surface area contributed by atoms with E-state index < -0.39 is 23.4 Å². The van der Waals surface area contributed by atoms with E-state index in [4.69, 9.17) is 4.74 Å². The lowest BCUT2D eigenvalue weighted by Gasteiger charge is -2.34. The van der Waals surface area contributed by atoms with Crippen molar-refractivity contribution in [3.8, 4) is 5.75 Å². The van der Waals surface area contributed by atoms with Gasteiger partial charge in [-0.1, -0.05) is 42.0 Å². The van der Waals surface area contributed by atoms with Crippen molar-refractivity contribution in [1.82, 2.24) is 25.6 Å². The molecular formula is C25H31N5O4. The van der Waals surface area contributed by atoms with E-state index in [-0.39, 0.29) is 6.54 Å². The van der Waals surface area contributed by atoms with Gasteiger partial charge in [0.1, 0.15) is 11.3 Å². The number of rotatable bonds is 7. The fourth-order valence-electron chi connectivity index (χ4n) is 4.40. The number of hydrogen-bond acceptors (Lipinski definition) is 6. The van der Waals surface area contributed by atoms with Gasteiger partial charge in [-0.25, -0.2) is 4.79 Å². The molecule has 2 aliphatic rings. The van der Waals surface area contributed by atoms with Crippen LogP contribution < -0.4 is 15.5 Å². The first kappa shape index (κ1) is 23.7. The molecule has 9 nitrogen and oxygen atoms in total. The van der Waals surface area contributed by atoms with Gasteiger partial charge in [0, 0.05) is 32.7 Å². The van der Waals surface area contributed by atoms with Crippen molar-refractivity contribution in [2.24, 2.45) is 0 Å². The van der Waals surface area contributed by atoms with Crippen LogP contribution in [0.1, 0.15) is 23.6 Å². The average Bonchev–Trinajstić information content (AvgIpc) is 3.04. The van der Waals surface area contributed by atoms with Crippen molar-refractivity contribution in [2.45, 2.75) is 25.9 Å². The van der Waals surface area contributed by atoms with Gasteiger partial charge < -0.3 is 10.1 Å². The summed E-state index contributed by atoms with van der Waals surface area (Å²) in [5.41, 5.74) is 4.35. The van der Waals surface area contributed by atoms with Crippen LogP contribution in [0.4, 0.5) is 4.79 Å². The number of ether oxygens (including phenoxy) is 1. The fraction of sp³-hybridized carbons (Fsp3) is 0.400. The summed E-state index contributed by atoms with van der Waals surface area (Å²) in [6.45, 7) is 7.88. The Hall–Kier alpha value is -3.43. The molecule has 1 atom stereocenters. The summed E-state index contributed by atoms with van der Waals surface area (Å²) in [5, 5.41) is 3.47. The number of benzene rings is 2. The highest BCUT2D eigenvalue weighted by Crippen LogP contribution is 2.29. The molecule has 180 valence electrons. The van der Waals surface area contributed by atoms with Crippen LogP contribution in [0.25, 0.3) is 0 Å². The Morgan fingerprint density at radius 1 is 1.06 bits per heavy atom. The number of hydrogen-bond donors (Lipinski definition) is 2. The number of hydrazine groups is 1. The molecular weight excluding hydrogens is 434 g/mol. The normalized spacial score (nSPS) is 21.4. The summed E-state index contributed by atoms with van der Waals surface area (Å²) in [4.78, 5) is 42.6. The molecule has 0 spiro atoms. The maximum Gasteiger partial charge on any atom is 0.344 e. The Kier molecular flexibility index (Phi) is 6.85. The van der Waals surface area contributed by atoms with Crippen LogP contribution in [0.15, 0.2) is 48.5 Å². The van der Waals surface area contributed by atoms with Crippen molar-refractivity contribution in [1.29, 1.82) is 0 Å². The highest BCUT2D eigenvalue weighted by Gasteiger charge is 2.50. The van der Waals surface area contributed by atoms with Gasteiger partial charge in [0.2, 0.25) is 0 Å². The molecule has 0 aromatic heterocycles. The average molecular weight is 466 g/mol. The van der Waals surface area contributed by atoms with Gasteiger partial charge in [-0.2, -0.15) is 5.01 Å². The number of amides is 4. The number of urea groups is 1. The van der Waals surface area contributed by atoms with Crippen LogP contribution in [0.2, 0.25) is 0 Å². The maximum atomic E-state index is 13.0. The Labute approximate surface area is 199 Å². The molecule has 0 radical (unpaired) electrons. The lowest BCUT2D eigenvalue weighted by Crippen LogP contribution is -2.53. The van der Waals surface area contributed by atoms with Gasteiger partial charge >= 0.3 is 6.03 Å². The minimum Gasteiger partial charge on any atom is -0.497 e. The lowest BCUT2D eigenvalue weighted by atomic mass is 9.92. The lowest BCUT2D eigenvalue weighted by molar-refractivity contribution is -0.139. The molecule has 2 saturated heterocycles. The van der Waals surface area contributed by atoms with Gasteiger partial charge in [-0.05, 0) is 37.1 Å². The third-order valence-electron chi connectivity index (χ3n) is 6.42. The van der Waals surface area contributed by atoms with Gasteiger partial charge in [-0.15, -0.1) is 0 Å². The van der Waals surface area contributed by atoms with E-state index >= 15 is 0 Å². The quantitative estimate of drug-likeness (QED) is 0.604. The molecule has 34 heavy (non-hydrogen) atoms. The van der Waals surface area contributed by atoms with Gasteiger partial charge in [0.25, 0.3) is 11.8 Å². The molecule has 0 saturated carbocycles. The number of carbonyl (C=O) groups excluding carboxylic acids is 3. The number of aryl methyl sites for hydroxylation is 1. The van der Waals surface area contributed by atoms with Gasteiger partial charge in [0.15, 0.2) is 0 Å². The van der Waals surface area contributed by atoms with Gasteiger partial charge in [-0.3, -0.25) is 24.8 Å². The molecule has 2 fully saturated rings. The third kappa shape index (κ3) is 5.05. The summed E-state index contributed by atoms with van der Waals surface area (Å²) in [5.74, 6) is -0.276. The predicted octanol–water partition coefficient (Wildman–Crippen LogP) is 1.62. The van der Waals surface area contributed by atoms with E-state index in [0.29, 0.717) is 11.3 Å². The molecule has 4 rings (SSSR count). The molecule has 9 heteroatoms. The first-order valence-electron chi connectivity index (χ1n) is 11.4. The summed E-state index contributed by atoms with van der Waals surface area (Å²) >= 11 is 0. The fourth-order valence-corrected chi connectivity index (χ4v) is 4.40. The zero-order chi connectivity index (χ0) is 24.3. The van der Waals surface area contributed by atoms with Crippen LogP contribution in [-0.4, -0.2) is 72.5 Å². The Bertz CT molecular complexity index is 1070. The minimum atomic E-state index is -1.27. The molecule has 2 aliphatic heterocycles. The van der Waals surface area contributed by atoms with Crippen LogP contribution in [-0.2, 0) is 21.7 Å². The summed E-state index contributed by atoms with van der Waals surface area (Å²) in [6, 6.07) is 14.7. The monoisotopic (exact) mass is 465 g/mol. The van der Waals surface area contributed by atoms with Crippen molar-refractivity contribution in [2.75, 3.05) is 39.8 Å². The van der Waals surface area contributed by atoms with E-state index in [1.165, 1.54) is 11.1 Å². The second-order valence-electron chi connectivity index (χ2n) is 9.00. The smallest absolute Gasteiger partial charge is 0.344 e. The highest BCUT2D eigenvalue weighted by atomic mass is 16.5. The molecule has 2 N–H and O–H groups in total.